The highest BCUT2D eigenvalue weighted by Crippen LogP contribution is 2.34. The van der Waals surface area contributed by atoms with Gasteiger partial charge in [0.25, 0.3) is 0 Å². The molecule has 2 aromatic rings. The van der Waals surface area contributed by atoms with Gasteiger partial charge in [-0.25, -0.2) is 0 Å². The van der Waals surface area contributed by atoms with Gasteiger partial charge in [-0.1, -0.05) is 81.7 Å². The first-order valence-electron chi connectivity index (χ1n) is 10.5. The average molecular weight is 436 g/mol. The van der Waals surface area contributed by atoms with E-state index in [9.17, 15) is 4.79 Å². The number of fused-ring (bicyclic) bond motifs is 1. The van der Waals surface area contributed by atoms with Crippen molar-refractivity contribution in [3.8, 4) is 0 Å². The van der Waals surface area contributed by atoms with Crippen LogP contribution in [-0.2, 0) is 11.8 Å². The molecule has 0 fully saturated rings. The van der Waals surface area contributed by atoms with Gasteiger partial charge in [0.2, 0.25) is 0 Å². The smallest absolute Gasteiger partial charge is 0.188 e. The van der Waals surface area contributed by atoms with Crippen LogP contribution in [0.25, 0.3) is 10.9 Å². The van der Waals surface area contributed by atoms with Gasteiger partial charge in [-0.05, 0) is 31.4 Å². The normalized spacial score (nSPS) is 12.4. The van der Waals surface area contributed by atoms with Gasteiger partial charge in [0.15, 0.2) is 5.12 Å². The molecule has 1 heterocycles. The zero-order valence-corrected chi connectivity index (χ0v) is 19.9. The predicted octanol–water partition coefficient (Wildman–Crippen LogP) is 7.79. The molecule has 0 radical (unpaired) electrons. The molecule has 1 unspecified atom stereocenters. The maximum atomic E-state index is 11.3. The van der Waals surface area contributed by atoms with Crippen LogP contribution in [0, 0.1) is 4.64 Å². The number of hydrogen-bond acceptors (Lipinski definition) is 4. The zero-order valence-electron chi connectivity index (χ0n) is 17.4. The molecule has 1 atom stereocenters. The van der Waals surface area contributed by atoms with Crippen LogP contribution in [0.15, 0.2) is 35.2 Å². The molecule has 5 heteroatoms. The number of unbranched alkanes of at least 4 members (excludes halogenated alkanes) is 4. The summed E-state index contributed by atoms with van der Waals surface area (Å²) >= 11 is 9.06. The number of benzene rings is 1. The number of pyridine rings is 1. The van der Waals surface area contributed by atoms with Crippen molar-refractivity contribution in [3.05, 3.63) is 35.0 Å². The van der Waals surface area contributed by atoms with E-state index in [0.717, 1.165) is 16.8 Å². The van der Waals surface area contributed by atoms with Crippen LogP contribution in [0.1, 0.15) is 65.2 Å². The highest BCUT2D eigenvalue weighted by atomic mass is 32.2. The Labute approximate surface area is 183 Å². The van der Waals surface area contributed by atoms with Gasteiger partial charge in [-0.2, -0.15) is 0 Å². The number of rotatable bonds is 12. The van der Waals surface area contributed by atoms with Crippen molar-refractivity contribution in [1.29, 1.82) is 0 Å². The Hall–Kier alpha value is -0.780. The first-order valence-corrected chi connectivity index (χ1v) is 12.7. The Morgan fingerprint density at radius 1 is 1.11 bits per heavy atom. The highest BCUT2D eigenvalue weighted by molar-refractivity contribution is 8.13. The Balaban J connectivity index is 1.79. The van der Waals surface area contributed by atoms with Crippen molar-refractivity contribution in [2.24, 2.45) is 7.05 Å². The highest BCUT2D eigenvalue weighted by Gasteiger charge is 2.12. The van der Waals surface area contributed by atoms with Gasteiger partial charge >= 0.3 is 0 Å². The van der Waals surface area contributed by atoms with Gasteiger partial charge in [-0.15, -0.1) is 11.8 Å². The van der Waals surface area contributed by atoms with E-state index in [1.165, 1.54) is 66.1 Å². The summed E-state index contributed by atoms with van der Waals surface area (Å²) < 4.78 is 3.00. The lowest BCUT2D eigenvalue weighted by atomic mass is 10.1. The van der Waals surface area contributed by atoms with Crippen LogP contribution >= 0.6 is 35.7 Å². The lowest BCUT2D eigenvalue weighted by molar-refractivity contribution is -0.110. The first-order chi connectivity index (χ1) is 13.6. The molecule has 0 aliphatic rings. The zero-order chi connectivity index (χ0) is 20.4. The van der Waals surface area contributed by atoms with Gasteiger partial charge in [-0.3, -0.25) is 4.79 Å². The summed E-state index contributed by atoms with van der Waals surface area (Å²) in [6.07, 6.45) is 9.36. The average Bonchev–Trinajstić information content (AvgIpc) is 2.72. The molecule has 28 heavy (non-hydrogen) atoms. The van der Waals surface area contributed by atoms with Crippen LogP contribution in [-0.4, -0.2) is 20.7 Å². The molecule has 0 spiro atoms. The van der Waals surface area contributed by atoms with Crippen molar-refractivity contribution in [1.82, 2.24) is 4.57 Å². The summed E-state index contributed by atoms with van der Waals surface area (Å²) in [7, 11) is 2.05. The van der Waals surface area contributed by atoms with E-state index in [0.29, 0.717) is 16.8 Å². The molecule has 0 saturated carbocycles. The van der Waals surface area contributed by atoms with Gasteiger partial charge in [0, 0.05) is 40.3 Å². The SMILES string of the molecule is CCC(=O)SCCCCCCCC(CC)Sc1cc(=S)n(C)c2ccccc12. The Bertz CT molecular complexity index is 815. The topological polar surface area (TPSA) is 22.0 Å². The van der Waals surface area contributed by atoms with E-state index in [2.05, 4.69) is 41.8 Å². The molecule has 0 aliphatic heterocycles. The third-order valence-electron chi connectivity index (χ3n) is 5.09. The van der Waals surface area contributed by atoms with E-state index < -0.39 is 0 Å². The Morgan fingerprint density at radius 3 is 2.57 bits per heavy atom. The van der Waals surface area contributed by atoms with Crippen molar-refractivity contribution >= 4 is 51.8 Å². The Kier molecular flexibility index (Phi) is 10.7. The van der Waals surface area contributed by atoms with Gasteiger partial charge in [0.05, 0.1) is 0 Å². The summed E-state index contributed by atoms with van der Waals surface area (Å²) in [5, 5.41) is 2.27. The van der Waals surface area contributed by atoms with E-state index in [1.807, 2.05) is 25.7 Å². The molecule has 1 aromatic heterocycles. The number of thioether (sulfide) groups is 2. The fraction of sp³-hybridized carbons (Fsp3) is 0.565. The summed E-state index contributed by atoms with van der Waals surface area (Å²) in [6, 6.07) is 10.7. The second-order valence-corrected chi connectivity index (χ2v) is 10.1. The van der Waals surface area contributed by atoms with Crippen LogP contribution < -0.4 is 0 Å². The van der Waals surface area contributed by atoms with E-state index in [1.54, 1.807) is 0 Å². The van der Waals surface area contributed by atoms with Gasteiger partial charge in [0.1, 0.15) is 4.64 Å². The fourth-order valence-corrected chi connectivity index (χ4v) is 5.66. The van der Waals surface area contributed by atoms with Crippen molar-refractivity contribution in [2.75, 3.05) is 5.75 Å². The third kappa shape index (κ3) is 7.23. The number of nitrogens with zero attached hydrogens (tertiary/aromatic N) is 1. The third-order valence-corrected chi connectivity index (χ3v) is 8.08. The molecule has 154 valence electrons. The minimum absolute atomic E-state index is 0.326. The van der Waals surface area contributed by atoms with E-state index in [-0.39, 0.29) is 0 Å². The lowest BCUT2D eigenvalue weighted by Gasteiger charge is -2.17. The van der Waals surface area contributed by atoms with E-state index >= 15 is 0 Å². The minimum atomic E-state index is 0.326. The van der Waals surface area contributed by atoms with Crippen LogP contribution in [0.2, 0.25) is 0 Å². The second kappa shape index (κ2) is 12.7. The predicted molar refractivity (Wildman–Crippen MR) is 129 cm³/mol. The first kappa shape index (κ1) is 23.5. The fourth-order valence-electron chi connectivity index (χ4n) is 3.30. The summed E-state index contributed by atoms with van der Waals surface area (Å²) in [5.41, 5.74) is 1.21. The monoisotopic (exact) mass is 435 g/mol. The number of aryl methyl sites for hydroxylation is 1. The van der Waals surface area contributed by atoms with Crippen LogP contribution in [0.4, 0.5) is 0 Å². The number of carbonyl (C=O) groups is 1. The van der Waals surface area contributed by atoms with Crippen LogP contribution in [0.5, 0.6) is 0 Å². The summed E-state index contributed by atoms with van der Waals surface area (Å²) in [4.78, 5) is 12.6. The molecule has 0 bridgehead atoms. The maximum Gasteiger partial charge on any atom is 0.188 e. The molecule has 0 aliphatic carbocycles. The molecule has 0 saturated heterocycles. The van der Waals surface area contributed by atoms with E-state index in [4.69, 9.17) is 12.2 Å². The standard InChI is InChI=1S/C23H33NOS3/c1-4-18(13-9-7-6-8-12-16-27-23(25)5-2)28-21-17-22(26)24(3)20-15-11-10-14-19(20)21/h10-11,14-15,17-18H,4-9,12-13,16H2,1-3H3. The number of para-hydroxylation sites is 1. The molecule has 0 N–H and O–H groups in total. The quantitative estimate of drug-likeness (QED) is 0.193. The van der Waals surface area contributed by atoms with Crippen molar-refractivity contribution < 1.29 is 4.79 Å². The minimum Gasteiger partial charge on any atom is -0.335 e. The van der Waals surface area contributed by atoms with Gasteiger partial charge < -0.3 is 4.57 Å². The molecule has 2 nitrogen and oxygen atoms in total. The molecular formula is C23H33NOS3. The number of aromatic nitrogens is 1. The van der Waals surface area contributed by atoms with Crippen molar-refractivity contribution in [3.63, 3.8) is 0 Å². The molecular weight excluding hydrogens is 402 g/mol. The number of carbonyl (C=O) groups excluding carboxylic acids is 1. The molecule has 1 aromatic carbocycles. The largest absolute Gasteiger partial charge is 0.335 e. The lowest BCUT2D eigenvalue weighted by Crippen LogP contribution is -2.02. The summed E-state index contributed by atoms with van der Waals surface area (Å²) in [5.74, 6) is 0.988. The molecule has 2 rings (SSSR count). The second-order valence-electron chi connectivity index (χ2n) is 7.20. The molecule has 0 amide bonds. The Morgan fingerprint density at radius 2 is 1.82 bits per heavy atom. The van der Waals surface area contributed by atoms with Crippen LogP contribution in [0.3, 0.4) is 0 Å². The maximum absolute atomic E-state index is 11.3. The summed E-state index contributed by atoms with van der Waals surface area (Å²) in [6.45, 7) is 4.23. The number of hydrogen-bond donors (Lipinski definition) is 0. The van der Waals surface area contributed by atoms with Crippen molar-refractivity contribution in [2.45, 2.75) is 75.4 Å².